The van der Waals surface area contributed by atoms with Gasteiger partial charge in [0.25, 0.3) is 0 Å². The molecular formula is C19H30N2O3. The lowest BCUT2D eigenvalue weighted by atomic mass is 9.97. The van der Waals surface area contributed by atoms with Crippen LogP contribution in [0.4, 0.5) is 0 Å². The highest BCUT2D eigenvalue weighted by Crippen LogP contribution is 2.17. The van der Waals surface area contributed by atoms with E-state index in [2.05, 4.69) is 17.1 Å². The van der Waals surface area contributed by atoms with Crippen molar-refractivity contribution < 1.29 is 14.6 Å². The first kappa shape index (κ1) is 18.7. The number of aliphatic hydroxyl groups is 1. The lowest BCUT2D eigenvalue weighted by molar-refractivity contribution is -0.126. The summed E-state index contributed by atoms with van der Waals surface area (Å²) in [5, 5.41) is 13.1. The van der Waals surface area contributed by atoms with Crippen molar-refractivity contribution in [2.75, 3.05) is 32.8 Å². The second kappa shape index (κ2) is 9.64. The van der Waals surface area contributed by atoms with Crippen LogP contribution in [0.15, 0.2) is 24.3 Å². The van der Waals surface area contributed by atoms with Gasteiger partial charge in [-0.25, -0.2) is 0 Å². The third-order valence-electron chi connectivity index (χ3n) is 4.47. The number of likely N-dealkylation sites (tertiary alicyclic amines) is 1. The first-order chi connectivity index (χ1) is 11.6. The SMILES string of the molecule is CCNC(=O)C1CCCN(CC(O)COc2ccc(CC)cc2)C1. The van der Waals surface area contributed by atoms with Crippen molar-refractivity contribution in [1.29, 1.82) is 0 Å². The molecule has 0 saturated carbocycles. The lowest BCUT2D eigenvalue weighted by Gasteiger charge is -2.33. The molecule has 2 atom stereocenters. The Kier molecular flexibility index (Phi) is 7.53. The number of aryl methyl sites for hydroxylation is 1. The molecule has 0 radical (unpaired) electrons. The molecule has 134 valence electrons. The number of aliphatic hydroxyl groups excluding tert-OH is 1. The molecule has 1 amide bonds. The number of benzene rings is 1. The van der Waals surface area contributed by atoms with Crippen LogP contribution in [-0.4, -0.2) is 54.8 Å². The van der Waals surface area contributed by atoms with Crippen LogP contribution in [0.2, 0.25) is 0 Å². The third kappa shape index (κ3) is 5.80. The summed E-state index contributed by atoms with van der Waals surface area (Å²) in [6.07, 6.45) is 2.38. The predicted molar refractivity (Wildman–Crippen MR) is 95.2 cm³/mol. The van der Waals surface area contributed by atoms with Gasteiger partial charge in [-0.2, -0.15) is 0 Å². The summed E-state index contributed by atoms with van der Waals surface area (Å²) in [5.41, 5.74) is 1.27. The third-order valence-corrected chi connectivity index (χ3v) is 4.47. The number of amides is 1. The minimum absolute atomic E-state index is 0.0356. The standard InChI is InChI=1S/C19H30N2O3/c1-3-15-7-9-18(10-8-15)24-14-17(22)13-21-11-5-6-16(12-21)19(23)20-4-2/h7-10,16-17,22H,3-6,11-14H2,1-2H3,(H,20,23). The van der Waals surface area contributed by atoms with Gasteiger partial charge in [-0.1, -0.05) is 19.1 Å². The Morgan fingerprint density at radius 1 is 1.38 bits per heavy atom. The molecule has 1 aromatic rings. The fourth-order valence-electron chi connectivity index (χ4n) is 3.12. The van der Waals surface area contributed by atoms with Gasteiger partial charge in [0.05, 0.1) is 5.92 Å². The first-order valence-corrected chi connectivity index (χ1v) is 9.02. The highest BCUT2D eigenvalue weighted by Gasteiger charge is 2.26. The van der Waals surface area contributed by atoms with E-state index in [9.17, 15) is 9.90 Å². The van der Waals surface area contributed by atoms with Gasteiger partial charge in [-0.05, 0) is 50.4 Å². The van der Waals surface area contributed by atoms with E-state index in [1.165, 1.54) is 5.56 Å². The average molecular weight is 334 g/mol. The summed E-state index contributed by atoms with van der Waals surface area (Å²) in [4.78, 5) is 14.1. The highest BCUT2D eigenvalue weighted by atomic mass is 16.5. The summed E-state index contributed by atoms with van der Waals surface area (Å²) >= 11 is 0. The van der Waals surface area contributed by atoms with Gasteiger partial charge in [0.2, 0.25) is 5.91 Å². The van der Waals surface area contributed by atoms with E-state index in [0.29, 0.717) is 19.6 Å². The maximum absolute atomic E-state index is 12.0. The van der Waals surface area contributed by atoms with E-state index < -0.39 is 6.10 Å². The Morgan fingerprint density at radius 3 is 2.79 bits per heavy atom. The smallest absolute Gasteiger partial charge is 0.224 e. The van der Waals surface area contributed by atoms with Gasteiger partial charge in [0.1, 0.15) is 18.5 Å². The van der Waals surface area contributed by atoms with Crippen molar-refractivity contribution in [3.8, 4) is 5.75 Å². The lowest BCUT2D eigenvalue weighted by Crippen LogP contribution is -2.46. The molecule has 1 aromatic carbocycles. The van der Waals surface area contributed by atoms with Crippen LogP contribution in [0.25, 0.3) is 0 Å². The molecule has 1 fully saturated rings. The molecule has 5 nitrogen and oxygen atoms in total. The zero-order valence-corrected chi connectivity index (χ0v) is 14.8. The number of rotatable bonds is 8. The van der Waals surface area contributed by atoms with E-state index in [1.807, 2.05) is 31.2 Å². The van der Waals surface area contributed by atoms with Gasteiger partial charge < -0.3 is 15.2 Å². The van der Waals surface area contributed by atoms with Crippen molar-refractivity contribution in [3.63, 3.8) is 0 Å². The van der Waals surface area contributed by atoms with Crippen LogP contribution in [0.5, 0.6) is 5.75 Å². The van der Waals surface area contributed by atoms with Gasteiger partial charge in [-0.3, -0.25) is 9.69 Å². The number of carbonyl (C=O) groups excluding carboxylic acids is 1. The fourth-order valence-corrected chi connectivity index (χ4v) is 3.12. The maximum Gasteiger partial charge on any atom is 0.224 e. The van der Waals surface area contributed by atoms with E-state index in [-0.39, 0.29) is 18.4 Å². The molecule has 0 aliphatic carbocycles. The molecule has 0 aromatic heterocycles. The number of nitrogens with one attached hydrogen (secondary N) is 1. The second-order valence-corrected chi connectivity index (χ2v) is 6.46. The van der Waals surface area contributed by atoms with Crippen molar-refractivity contribution in [2.24, 2.45) is 5.92 Å². The van der Waals surface area contributed by atoms with Crippen LogP contribution in [0.3, 0.4) is 0 Å². The Morgan fingerprint density at radius 2 is 2.12 bits per heavy atom. The number of ether oxygens (including phenoxy) is 1. The largest absolute Gasteiger partial charge is 0.491 e. The molecule has 1 heterocycles. The molecule has 1 aliphatic heterocycles. The molecule has 0 bridgehead atoms. The van der Waals surface area contributed by atoms with Crippen LogP contribution in [0.1, 0.15) is 32.3 Å². The Labute approximate surface area is 145 Å². The quantitative estimate of drug-likeness (QED) is 0.761. The maximum atomic E-state index is 12.0. The highest BCUT2D eigenvalue weighted by molar-refractivity contribution is 5.78. The molecule has 1 aliphatic rings. The van der Waals surface area contributed by atoms with Crippen LogP contribution < -0.4 is 10.1 Å². The fraction of sp³-hybridized carbons (Fsp3) is 0.632. The number of hydrogen-bond acceptors (Lipinski definition) is 4. The van der Waals surface area contributed by atoms with Gasteiger partial charge in [0.15, 0.2) is 0 Å². The minimum Gasteiger partial charge on any atom is -0.491 e. The molecule has 24 heavy (non-hydrogen) atoms. The average Bonchev–Trinajstić information content (AvgIpc) is 2.61. The van der Waals surface area contributed by atoms with E-state index in [1.54, 1.807) is 0 Å². The number of β-amino-alcohol motifs (C(OH)–C–C–N with tert-alkyl or cyclic N) is 1. The molecule has 0 spiro atoms. The van der Waals surface area contributed by atoms with Crippen molar-refractivity contribution in [2.45, 2.75) is 39.2 Å². The summed E-state index contributed by atoms with van der Waals surface area (Å²) in [5.74, 6) is 0.947. The van der Waals surface area contributed by atoms with E-state index >= 15 is 0 Å². The summed E-state index contributed by atoms with van der Waals surface area (Å²) < 4.78 is 5.67. The number of carbonyl (C=O) groups is 1. The zero-order chi connectivity index (χ0) is 17.4. The molecule has 1 saturated heterocycles. The van der Waals surface area contributed by atoms with Gasteiger partial charge >= 0.3 is 0 Å². The van der Waals surface area contributed by atoms with E-state index in [0.717, 1.165) is 31.6 Å². The van der Waals surface area contributed by atoms with Crippen LogP contribution in [0, 0.1) is 5.92 Å². The first-order valence-electron chi connectivity index (χ1n) is 9.02. The molecule has 2 N–H and O–H groups in total. The van der Waals surface area contributed by atoms with Crippen LogP contribution >= 0.6 is 0 Å². The molecule has 5 heteroatoms. The Bertz CT molecular complexity index is 504. The number of piperidine rings is 1. The number of hydrogen-bond donors (Lipinski definition) is 2. The molecular weight excluding hydrogens is 304 g/mol. The van der Waals surface area contributed by atoms with Crippen molar-refractivity contribution >= 4 is 5.91 Å². The van der Waals surface area contributed by atoms with Gasteiger partial charge in [-0.15, -0.1) is 0 Å². The predicted octanol–water partition coefficient (Wildman–Crippen LogP) is 1.84. The van der Waals surface area contributed by atoms with Crippen molar-refractivity contribution in [1.82, 2.24) is 10.2 Å². The molecule has 2 unspecified atom stereocenters. The Balaban J connectivity index is 1.74. The van der Waals surface area contributed by atoms with E-state index in [4.69, 9.17) is 4.74 Å². The normalized spacial score (nSPS) is 19.7. The summed E-state index contributed by atoms with van der Waals surface area (Å²) in [7, 11) is 0. The van der Waals surface area contributed by atoms with Gasteiger partial charge in [0, 0.05) is 19.6 Å². The summed E-state index contributed by atoms with van der Waals surface area (Å²) in [6, 6.07) is 7.97. The van der Waals surface area contributed by atoms with Crippen LogP contribution in [-0.2, 0) is 11.2 Å². The zero-order valence-electron chi connectivity index (χ0n) is 14.8. The number of nitrogens with zero attached hydrogens (tertiary/aromatic N) is 1. The van der Waals surface area contributed by atoms with Crippen molar-refractivity contribution in [3.05, 3.63) is 29.8 Å². The Hall–Kier alpha value is -1.59. The monoisotopic (exact) mass is 334 g/mol. The minimum atomic E-state index is -0.552. The summed E-state index contributed by atoms with van der Waals surface area (Å²) in [6.45, 7) is 7.19. The topological polar surface area (TPSA) is 61.8 Å². The molecule has 2 rings (SSSR count). The second-order valence-electron chi connectivity index (χ2n) is 6.46.